The molecule has 1 aromatic carbocycles. The number of carbonyl (C=O) groups is 1. The Kier molecular flexibility index (Phi) is 7.72. The predicted molar refractivity (Wildman–Crippen MR) is 104 cm³/mol. The predicted octanol–water partition coefficient (Wildman–Crippen LogP) is 0.968. The number of nitrogens with one attached hydrogen (secondary N) is 1. The number of methoxy groups -OCH3 is 1. The van der Waals surface area contributed by atoms with E-state index in [-0.39, 0.29) is 28.7 Å². The molecular formula is C17H26N4O6S. The molecule has 11 heteroatoms. The molecule has 1 amide bonds. The van der Waals surface area contributed by atoms with Crippen molar-refractivity contribution in [1.29, 1.82) is 0 Å². The molecule has 1 N–H and O–H groups in total. The van der Waals surface area contributed by atoms with E-state index in [2.05, 4.69) is 5.32 Å². The Bertz CT molecular complexity index is 808. The smallest absolute Gasteiger partial charge is 0.293 e. The van der Waals surface area contributed by atoms with Crippen molar-refractivity contribution in [3.8, 4) is 0 Å². The Morgan fingerprint density at radius 3 is 2.61 bits per heavy atom. The first kappa shape index (κ1) is 22.1. The van der Waals surface area contributed by atoms with Crippen molar-refractivity contribution < 1.29 is 22.9 Å². The van der Waals surface area contributed by atoms with Gasteiger partial charge in [0.1, 0.15) is 5.69 Å². The van der Waals surface area contributed by atoms with Crippen LogP contribution < -0.4 is 10.2 Å². The van der Waals surface area contributed by atoms with Gasteiger partial charge in [0, 0.05) is 39.9 Å². The van der Waals surface area contributed by atoms with Crippen LogP contribution in [0.3, 0.4) is 0 Å². The molecule has 0 spiro atoms. The van der Waals surface area contributed by atoms with Gasteiger partial charge in [-0.3, -0.25) is 14.9 Å². The number of nitrogens with zero attached hydrogens (tertiary/aromatic N) is 3. The van der Waals surface area contributed by atoms with Crippen LogP contribution in [0.2, 0.25) is 0 Å². The maximum atomic E-state index is 12.8. The van der Waals surface area contributed by atoms with Crippen molar-refractivity contribution in [1.82, 2.24) is 9.62 Å². The number of amides is 1. The topological polar surface area (TPSA) is 122 Å². The van der Waals surface area contributed by atoms with Crippen molar-refractivity contribution >= 4 is 27.3 Å². The summed E-state index contributed by atoms with van der Waals surface area (Å²) < 4.78 is 31.8. The summed E-state index contributed by atoms with van der Waals surface area (Å²) in [4.78, 5) is 24.1. The van der Waals surface area contributed by atoms with E-state index in [1.165, 1.54) is 35.5 Å². The molecule has 1 heterocycles. The third-order valence-electron chi connectivity index (χ3n) is 4.52. The standard InChI is InChI=1S/C17H26N4O6S/c1-19(13-17(22)18-8-11-27-2)15-7-6-14(12-16(15)21(23)24)28(25,26)20-9-4-3-5-10-20/h6-7,12H,3-5,8-11,13H2,1-2H3,(H,18,22). The van der Waals surface area contributed by atoms with E-state index in [9.17, 15) is 23.3 Å². The highest BCUT2D eigenvalue weighted by Crippen LogP contribution is 2.31. The number of nitro groups is 1. The molecule has 0 aromatic heterocycles. The molecule has 1 fully saturated rings. The lowest BCUT2D eigenvalue weighted by atomic mass is 10.2. The lowest BCUT2D eigenvalue weighted by Crippen LogP contribution is -2.37. The molecule has 0 bridgehead atoms. The number of hydrogen-bond acceptors (Lipinski definition) is 7. The minimum absolute atomic E-state index is 0.108. The number of nitro benzene ring substituents is 1. The van der Waals surface area contributed by atoms with Gasteiger partial charge in [-0.05, 0) is 25.0 Å². The summed E-state index contributed by atoms with van der Waals surface area (Å²) >= 11 is 0. The first-order valence-electron chi connectivity index (χ1n) is 9.02. The Hall–Kier alpha value is -2.24. The second-order valence-corrected chi connectivity index (χ2v) is 8.51. The van der Waals surface area contributed by atoms with Crippen molar-refractivity contribution in [2.24, 2.45) is 0 Å². The zero-order valence-corrected chi connectivity index (χ0v) is 16.9. The second kappa shape index (κ2) is 9.80. The third kappa shape index (κ3) is 5.40. The first-order chi connectivity index (χ1) is 13.3. The van der Waals surface area contributed by atoms with E-state index in [0.29, 0.717) is 26.2 Å². The molecule has 1 aliphatic rings. The minimum atomic E-state index is -3.78. The molecule has 2 rings (SSSR count). The summed E-state index contributed by atoms with van der Waals surface area (Å²) in [5, 5.41) is 14.2. The molecule has 156 valence electrons. The average Bonchev–Trinajstić information content (AvgIpc) is 2.68. The normalized spacial score (nSPS) is 15.2. The molecule has 10 nitrogen and oxygen atoms in total. The van der Waals surface area contributed by atoms with Gasteiger partial charge in [-0.25, -0.2) is 8.42 Å². The van der Waals surface area contributed by atoms with Crippen LogP contribution in [0.25, 0.3) is 0 Å². The van der Waals surface area contributed by atoms with Crippen LogP contribution in [0.5, 0.6) is 0 Å². The van der Waals surface area contributed by atoms with Gasteiger partial charge in [0.15, 0.2) is 0 Å². The van der Waals surface area contributed by atoms with Gasteiger partial charge in [-0.2, -0.15) is 4.31 Å². The Morgan fingerprint density at radius 2 is 2.00 bits per heavy atom. The molecule has 28 heavy (non-hydrogen) atoms. The Labute approximate surface area is 164 Å². The number of likely N-dealkylation sites (N-methyl/N-ethyl adjacent to an activating group) is 1. The number of rotatable bonds is 9. The van der Waals surface area contributed by atoms with Crippen LogP contribution in [-0.2, 0) is 19.6 Å². The SMILES string of the molecule is COCCNC(=O)CN(C)c1ccc(S(=O)(=O)N2CCCCC2)cc1[N+](=O)[O-]. The van der Waals surface area contributed by atoms with E-state index in [1.54, 1.807) is 0 Å². The molecule has 0 saturated carbocycles. The molecule has 0 unspecified atom stereocenters. The van der Waals surface area contributed by atoms with Crippen molar-refractivity contribution in [2.75, 3.05) is 51.8 Å². The van der Waals surface area contributed by atoms with Crippen LogP contribution in [-0.4, -0.2) is 70.5 Å². The van der Waals surface area contributed by atoms with Gasteiger partial charge in [0.05, 0.1) is 23.0 Å². The fourth-order valence-electron chi connectivity index (χ4n) is 3.04. The van der Waals surface area contributed by atoms with Gasteiger partial charge >= 0.3 is 0 Å². The van der Waals surface area contributed by atoms with Crippen molar-refractivity contribution in [3.63, 3.8) is 0 Å². The zero-order chi connectivity index (χ0) is 20.7. The summed E-state index contributed by atoms with van der Waals surface area (Å²) in [6.45, 7) is 1.42. The van der Waals surface area contributed by atoms with E-state index in [4.69, 9.17) is 4.74 Å². The quantitative estimate of drug-likeness (QED) is 0.363. The van der Waals surface area contributed by atoms with Crippen LogP contribution in [0.1, 0.15) is 19.3 Å². The number of carbonyl (C=O) groups excluding carboxylic acids is 1. The van der Waals surface area contributed by atoms with Crippen LogP contribution in [0.15, 0.2) is 23.1 Å². The maximum absolute atomic E-state index is 12.8. The summed E-state index contributed by atoms with van der Waals surface area (Å²) in [6, 6.07) is 3.79. The highest BCUT2D eigenvalue weighted by molar-refractivity contribution is 7.89. The van der Waals surface area contributed by atoms with Crippen LogP contribution in [0.4, 0.5) is 11.4 Å². The van der Waals surface area contributed by atoms with Gasteiger partial charge in [-0.1, -0.05) is 6.42 Å². The Morgan fingerprint density at radius 1 is 1.32 bits per heavy atom. The van der Waals surface area contributed by atoms with E-state index in [0.717, 1.165) is 25.3 Å². The van der Waals surface area contributed by atoms with Gasteiger partial charge in [-0.15, -0.1) is 0 Å². The third-order valence-corrected chi connectivity index (χ3v) is 6.41. The largest absolute Gasteiger partial charge is 0.383 e. The molecule has 0 aliphatic carbocycles. The lowest BCUT2D eigenvalue weighted by molar-refractivity contribution is -0.384. The summed E-state index contributed by atoms with van der Waals surface area (Å²) in [5.74, 6) is -0.320. The molecule has 0 atom stereocenters. The summed E-state index contributed by atoms with van der Waals surface area (Å²) in [5.41, 5.74) is -0.185. The fraction of sp³-hybridized carbons (Fsp3) is 0.588. The molecular weight excluding hydrogens is 388 g/mol. The number of piperidine rings is 1. The monoisotopic (exact) mass is 414 g/mol. The highest BCUT2D eigenvalue weighted by atomic mass is 32.2. The molecule has 1 aromatic rings. The average molecular weight is 414 g/mol. The molecule has 1 saturated heterocycles. The Balaban J connectivity index is 2.22. The van der Waals surface area contributed by atoms with Crippen LogP contribution in [0, 0.1) is 10.1 Å². The second-order valence-electron chi connectivity index (χ2n) is 6.57. The molecule has 0 radical (unpaired) electrons. The number of anilines is 1. The van der Waals surface area contributed by atoms with E-state index in [1.807, 2.05) is 0 Å². The lowest BCUT2D eigenvalue weighted by Gasteiger charge is -2.26. The number of ether oxygens (including phenoxy) is 1. The van der Waals surface area contributed by atoms with Gasteiger partial charge in [0.2, 0.25) is 15.9 Å². The number of hydrogen-bond donors (Lipinski definition) is 1. The molecule has 1 aliphatic heterocycles. The van der Waals surface area contributed by atoms with Crippen molar-refractivity contribution in [2.45, 2.75) is 24.2 Å². The zero-order valence-electron chi connectivity index (χ0n) is 16.1. The summed E-state index contributed by atoms with van der Waals surface area (Å²) in [7, 11) is -0.728. The van der Waals surface area contributed by atoms with Gasteiger partial charge < -0.3 is 15.0 Å². The summed E-state index contributed by atoms with van der Waals surface area (Å²) in [6.07, 6.45) is 2.53. The van der Waals surface area contributed by atoms with E-state index >= 15 is 0 Å². The number of benzene rings is 1. The minimum Gasteiger partial charge on any atom is -0.383 e. The first-order valence-corrected chi connectivity index (χ1v) is 10.5. The maximum Gasteiger partial charge on any atom is 0.293 e. The van der Waals surface area contributed by atoms with Crippen LogP contribution >= 0.6 is 0 Å². The van der Waals surface area contributed by atoms with E-state index < -0.39 is 14.9 Å². The van der Waals surface area contributed by atoms with Crippen molar-refractivity contribution in [3.05, 3.63) is 28.3 Å². The highest BCUT2D eigenvalue weighted by Gasteiger charge is 2.29. The number of sulfonamides is 1. The van der Waals surface area contributed by atoms with Gasteiger partial charge in [0.25, 0.3) is 5.69 Å². The fourth-order valence-corrected chi connectivity index (χ4v) is 4.57.